The topological polar surface area (TPSA) is 75.7 Å². The Morgan fingerprint density at radius 3 is 2.69 bits per heavy atom. The number of hydrogen-bond donors (Lipinski definition) is 1. The normalized spacial score (nSPS) is 18.2. The van der Waals surface area contributed by atoms with Gasteiger partial charge in [0.05, 0.1) is 5.75 Å². The van der Waals surface area contributed by atoms with E-state index in [1.54, 1.807) is 37.8 Å². The van der Waals surface area contributed by atoms with Gasteiger partial charge in [0.1, 0.15) is 5.60 Å². The first-order valence-electron chi connectivity index (χ1n) is 8.38. The Bertz CT molecular complexity index is 763. The first-order chi connectivity index (χ1) is 12.0. The second-order valence-corrected chi connectivity index (χ2v) is 9.96. The lowest BCUT2D eigenvalue weighted by Gasteiger charge is -2.28. The quantitative estimate of drug-likeness (QED) is 0.782. The minimum Gasteiger partial charge on any atom is -0.444 e. The van der Waals surface area contributed by atoms with Gasteiger partial charge in [-0.1, -0.05) is 23.2 Å². The van der Waals surface area contributed by atoms with Crippen LogP contribution in [0.2, 0.25) is 10.0 Å². The third-order valence-electron chi connectivity index (χ3n) is 3.90. The highest BCUT2D eigenvalue weighted by molar-refractivity contribution is 7.88. The summed E-state index contributed by atoms with van der Waals surface area (Å²) in [5, 5.41) is 0.766. The predicted octanol–water partition coefficient (Wildman–Crippen LogP) is 3.81. The number of ether oxygens (including phenoxy) is 1. The minimum atomic E-state index is -3.62. The van der Waals surface area contributed by atoms with Crippen molar-refractivity contribution in [2.45, 2.75) is 51.0 Å². The molecule has 1 saturated heterocycles. The molecule has 0 aliphatic carbocycles. The average Bonchev–Trinajstić information content (AvgIpc) is 2.96. The Balaban J connectivity index is 1.97. The van der Waals surface area contributed by atoms with Gasteiger partial charge in [-0.25, -0.2) is 17.9 Å². The molecule has 0 unspecified atom stereocenters. The van der Waals surface area contributed by atoms with Crippen molar-refractivity contribution in [3.63, 3.8) is 0 Å². The molecule has 1 aromatic rings. The average molecular weight is 423 g/mol. The highest BCUT2D eigenvalue weighted by Gasteiger charge is 2.32. The molecule has 1 atom stereocenters. The number of hydrogen-bond acceptors (Lipinski definition) is 4. The van der Waals surface area contributed by atoms with Crippen LogP contribution in [0.1, 0.15) is 39.2 Å². The number of nitrogens with one attached hydrogen (secondary N) is 1. The fourth-order valence-electron chi connectivity index (χ4n) is 2.74. The number of benzene rings is 1. The number of amides is 1. The zero-order valence-corrected chi connectivity index (χ0v) is 17.4. The van der Waals surface area contributed by atoms with E-state index in [1.165, 1.54) is 6.07 Å². The van der Waals surface area contributed by atoms with Crippen LogP contribution in [-0.4, -0.2) is 44.1 Å². The number of carbonyl (C=O) groups excluding carboxylic acids is 1. The maximum Gasteiger partial charge on any atom is 0.410 e. The number of nitrogens with zero attached hydrogens (tertiary/aromatic N) is 1. The van der Waals surface area contributed by atoms with Crippen molar-refractivity contribution in [2.24, 2.45) is 0 Å². The smallest absolute Gasteiger partial charge is 0.410 e. The van der Waals surface area contributed by atoms with Gasteiger partial charge in [0, 0.05) is 29.2 Å². The lowest BCUT2D eigenvalue weighted by molar-refractivity contribution is 0.0229. The van der Waals surface area contributed by atoms with E-state index in [-0.39, 0.29) is 18.3 Å². The highest BCUT2D eigenvalue weighted by Crippen LogP contribution is 2.23. The van der Waals surface area contributed by atoms with Crippen molar-refractivity contribution in [1.82, 2.24) is 9.62 Å². The van der Waals surface area contributed by atoms with Crippen molar-refractivity contribution in [3.05, 3.63) is 33.8 Å². The Hall–Kier alpha value is -1.02. The maximum absolute atomic E-state index is 12.4. The molecule has 1 aromatic carbocycles. The standard InChI is InChI=1S/C17H24Cl2N2O4S/c1-17(2,3)25-16(22)21-8-4-5-14(21)10-20-26(23,24)11-12-9-13(18)6-7-15(12)19/h6-7,9,14,20H,4-5,8,10-11H2,1-3H3/t14-/m0/s1. The van der Waals surface area contributed by atoms with Gasteiger partial charge in [-0.3, -0.25) is 0 Å². The van der Waals surface area contributed by atoms with Gasteiger partial charge in [-0.05, 0) is 57.4 Å². The molecule has 1 aliphatic rings. The van der Waals surface area contributed by atoms with Crippen molar-refractivity contribution in [2.75, 3.05) is 13.1 Å². The molecule has 6 nitrogen and oxygen atoms in total. The van der Waals surface area contributed by atoms with Crippen LogP contribution in [-0.2, 0) is 20.5 Å². The van der Waals surface area contributed by atoms with Crippen molar-refractivity contribution in [1.29, 1.82) is 0 Å². The minimum absolute atomic E-state index is 0.139. The summed E-state index contributed by atoms with van der Waals surface area (Å²) >= 11 is 11.9. The number of likely N-dealkylation sites (tertiary alicyclic amines) is 1. The zero-order chi connectivity index (χ0) is 19.5. The molecule has 2 rings (SSSR count). The monoisotopic (exact) mass is 422 g/mol. The van der Waals surface area contributed by atoms with E-state index < -0.39 is 21.7 Å². The van der Waals surface area contributed by atoms with E-state index in [1.807, 2.05) is 0 Å². The summed E-state index contributed by atoms with van der Waals surface area (Å²) in [6.45, 7) is 6.09. The van der Waals surface area contributed by atoms with Crippen LogP contribution in [0, 0.1) is 0 Å². The Kier molecular flexibility index (Phi) is 6.82. The second-order valence-electron chi connectivity index (χ2n) is 7.31. The van der Waals surface area contributed by atoms with Crippen LogP contribution < -0.4 is 4.72 Å². The van der Waals surface area contributed by atoms with Gasteiger partial charge < -0.3 is 9.64 Å². The summed E-state index contributed by atoms with van der Waals surface area (Å²) in [5.74, 6) is -0.272. The van der Waals surface area contributed by atoms with E-state index in [2.05, 4.69) is 4.72 Å². The first-order valence-corrected chi connectivity index (χ1v) is 10.8. The van der Waals surface area contributed by atoms with E-state index in [0.29, 0.717) is 22.2 Å². The molecule has 1 N–H and O–H groups in total. The predicted molar refractivity (Wildman–Crippen MR) is 103 cm³/mol. The fraction of sp³-hybridized carbons (Fsp3) is 0.588. The third-order valence-corrected chi connectivity index (χ3v) is 5.80. The molecule has 0 bridgehead atoms. The van der Waals surface area contributed by atoms with Gasteiger partial charge in [0.25, 0.3) is 0 Å². The molecule has 1 fully saturated rings. The number of carbonyl (C=O) groups is 1. The molecule has 1 aliphatic heterocycles. The summed E-state index contributed by atoms with van der Waals surface area (Å²) in [5.41, 5.74) is -0.158. The molecule has 0 spiro atoms. The molecule has 0 aromatic heterocycles. The van der Waals surface area contributed by atoms with Gasteiger partial charge in [0.2, 0.25) is 10.0 Å². The molecule has 146 valence electrons. The molecular formula is C17H24Cl2N2O4S. The summed E-state index contributed by atoms with van der Waals surface area (Å²) in [6, 6.07) is 4.47. The van der Waals surface area contributed by atoms with E-state index in [0.717, 1.165) is 12.8 Å². The third kappa shape index (κ3) is 6.30. The van der Waals surface area contributed by atoms with Crippen molar-refractivity contribution >= 4 is 39.3 Å². The molecule has 0 saturated carbocycles. The lowest BCUT2D eigenvalue weighted by atomic mass is 10.2. The van der Waals surface area contributed by atoms with Crippen LogP contribution in [0.4, 0.5) is 4.79 Å². The number of halogens is 2. The lowest BCUT2D eigenvalue weighted by Crippen LogP contribution is -2.45. The molecule has 9 heteroatoms. The van der Waals surface area contributed by atoms with E-state index >= 15 is 0 Å². The summed E-state index contributed by atoms with van der Waals surface area (Å²) in [4.78, 5) is 13.8. The highest BCUT2D eigenvalue weighted by atomic mass is 35.5. The van der Waals surface area contributed by atoms with Crippen molar-refractivity contribution in [3.8, 4) is 0 Å². The number of sulfonamides is 1. The van der Waals surface area contributed by atoms with Crippen LogP contribution in [0.5, 0.6) is 0 Å². The van der Waals surface area contributed by atoms with Crippen LogP contribution >= 0.6 is 23.2 Å². The van der Waals surface area contributed by atoms with Crippen LogP contribution in [0.3, 0.4) is 0 Å². The molecule has 26 heavy (non-hydrogen) atoms. The zero-order valence-electron chi connectivity index (χ0n) is 15.1. The SMILES string of the molecule is CC(C)(C)OC(=O)N1CCC[C@H]1CNS(=O)(=O)Cc1cc(Cl)ccc1Cl. The molecule has 1 heterocycles. The number of rotatable bonds is 5. The van der Waals surface area contributed by atoms with Gasteiger partial charge >= 0.3 is 6.09 Å². The van der Waals surface area contributed by atoms with Crippen molar-refractivity contribution < 1.29 is 17.9 Å². The van der Waals surface area contributed by atoms with E-state index in [9.17, 15) is 13.2 Å². The van der Waals surface area contributed by atoms with E-state index in [4.69, 9.17) is 27.9 Å². The Morgan fingerprint density at radius 2 is 2.04 bits per heavy atom. The van der Waals surface area contributed by atoms with Gasteiger partial charge in [-0.2, -0.15) is 0 Å². The van der Waals surface area contributed by atoms with Gasteiger partial charge in [0.15, 0.2) is 0 Å². The summed E-state index contributed by atoms with van der Waals surface area (Å²) in [7, 11) is -3.62. The summed E-state index contributed by atoms with van der Waals surface area (Å²) in [6.07, 6.45) is 1.11. The van der Waals surface area contributed by atoms with Gasteiger partial charge in [-0.15, -0.1) is 0 Å². The Morgan fingerprint density at radius 1 is 1.35 bits per heavy atom. The van der Waals surface area contributed by atoms with Crippen LogP contribution in [0.15, 0.2) is 18.2 Å². The fourth-order valence-corrected chi connectivity index (χ4v) is 4.40. The molecule has 0 radical (unpaired) electrons. The van der Waals surface area contributed by atoms with Crippen LogP contribution in [0.25, 0.3) is 0 Å². The first kappa shape index (κ1) is 21.3. The molecular weight excluding hydrogens is 399 g/mol. The Labute approximate surface area is 164 Å². The molecule has 1 amide bonds. The summed E-state index contributed by atoms with van der Waals surface area (Å²) < 4.78 is 32.7. The largest absolute Gasteiger partial charge is 0.444 e. The maximum atomic E-state index is 12.4. The second kappa shape index (κ2) is 8.33.